The molecule has 7 heteroatoms. The Bertz CT molecular complexity index is 796. The van der Waals surface area contributed by atoms with E-state index in [0.717, 1.165) is 34.2 Å². The Morgan fingerprint density at radius 3 is 2.60 bits per heavy atom. The third-order valence-electron chi connectivity index (χ3n) is 3.24. The Kier molecular flexibility index (Phi) is 6.52. The Hall–Kier alpha value is -2.41. The van der Waals surface area contributed by atoms with E-state index in [1.54, 1.807) is 0 Å². The largest absolute Gasteiger partial charge is 0.455 e. The van der Waals surface area contributed by atoms with Gasteiger partial charge in [0.05, 0.1) is 11.4 Å². The molecule has 0 heterocycles. The summed E-state index contributed by atoms with van der Waals surface area (Å²) in [6.07, 6.45) is 0. The molecule has 0 aliphatic carbocycles. The number of carbonyl (C=O) groups excluding carboxylic acids is 2. The van der Waals surface area contributed by atoms with Gasteiger partial charge in [-0.3, -0.25) is 9.59 Å². The molecule has 1 N–H and O–H groups in total. The van der Waals surface area contributed by atoms with Crippen molar-refractivity contribution in [2.45, 2.75) is 18.7 Å². The first-order valence-electron chi connectivity index (χ1n) is 7.45. The average Bonchev–Trinajstić information content (AvgIpc) is 2.55. The summed E-state index contributed by atoms with van der Waals surface area (Å²) >= 11 is 1.31. The van der Waals surface area contributed by atoms with E-state index in [1.165, 1.54) is 11.8 Å². The highest BCUT2D eigenvalue weighted by atomic mass is 32.2. The van der Waals surface area contributed by atoms with Gasteiger partial charge in [0.25, 0.3) is 5.91 Å². The number of esters is 1. The lowest BCUT2D eigenvalue weighted by molar-refractivity contribution is -0.144. The first-order chi connectivity index (χ1) is 11.8. The molecule has 0 aliphatic heterocycles. The fourth-order valence-electron chi connectivity index (χ4n) is 2.07. The standard InChI is InChI=1S/C18H17F2NO3S/c1-11-3-6-16(12(2)7-11)25-10-18(23)24-9-17(22)21-15-8-13(19)4-5-14(15)20/h3-8H,9-10H2,1-2H3,(H,21,22). The van der Waals surface area contributed by atoms with Crippen LogP contribution in [0.3, 0.4) is 0 Å². The van der Waals surface area contributed by atoms with Crippen LogP contribution in [0.4, 0.5) is 14.5 Å². The van der Waals surface area contributed by atoms with Crippen LogP contribution in [-0.2, 0) is 14.3 Å². The molecule has 2 aromatic rings. The van der Waals surface area contributed by atoms with E-state index in [9.17, 15) is 18.4 Å². The van der Waals surface area contributed by atoms with Gasteiger partial charge >= 0.3 is 5.97 Å². The van der Waals surface area contributed by atoms with Gasteiger partial charge in [0.15, 0.2) is 6.61 Å². The molecule has 0 saturated heterocycles. The number of benzene rings is 2. The van der Waals surface area contributed by atoms with E-state index in [-0.39, 0.29) is 11.4 Å². The molecule has 0 spiro atoms. The maximum atomic E-state index is 13.4. The zero-order chi connectivity index (χ0) is 18.4. The van der Waals surface area contributed by atoms with Crippen molar-refractivity contribution in [1.29, 1.82) is 0 Å². The minimum atomic E-state index is -0.772. The topological polar surface area (TPSA) is 55.4 Å². The van der Waals surface area contributed by atoms with E-state index in [1.807, 2.05) is 32.0 Å². The van der Waals surface area contributed by atoms with Crippen molar-refractivity contribution >= 4 is 29.3 Å². The van der Waals surface area contributed by atoms with Gasteiger partial charge < -0.3 is 10.1 Å². The lowest BCUT2D eigenvalue weighted by Crippen LogP contribution is -2.22. The van der Waals surface area contributed by atoms with Crippen molar-refractivity contribution in [2.75, 3.05) is 17.7 Å². The molecular weight excluding hydrogens is 348 g/mol. The van der Waals surface area contributed by atoms with Gasteiger partial charge in [0, 0.05) is 11.0 Å². The fraction of sp³-hybridized carbons (Fsp3) is 0.222. The molecule has 0 aliphatic rings. The summed E-state index contributed by atoms with van der Waals surface area (Å²) in [6.45, 7) is 3.36. The van der Waals surface area contributed by atoms with Crippen LogP contribution in [0, 0.1) is 25.5 Å². The number of anilines is 1. The maximum Gasteiger partial charge on any atom is 0.316 e. The van der Waals surface area contributed by atoms with E-state index >= 15 is 0 Å². The molecule has 0 unspecified atom stereocenters. The van der Waals surface area contributed by atoms with Crippen molar-refractivity contribution in [3.8, 4) is 0 Å². The average molecular weight is 365 g/mol. The number of thioether (sulfide) groups is 1. The third-order valence-corrected chi connectivity index (χ3v) is 4.39. The second-order valence-corrected chi connectivity index (χ2v) is 6.41. The molecular formula is C18H17F2NO3S. The number of halogens is 2. The first kappa shape index (κ1) is 18.9. The highest BCUT2D eigenvalue weighted by molar-refractivity contribution is 8.00. The van der Waals surface area contributed by atoms with E-state index in [2.05, 4.69) is 5.32 Å². The zero-order valence-electron chi connectivity index (χ0n) is 13.8. The number of amides is 1. The Morgan fingerprint density at radius 2 is 1.88 bits per heavy atom. The smallest absolute Gasteiger partial charge is 0.316 e. The number of carbonyl (C=O) groups is 2. The van der Waals surface area contributed by atoms with Gasteiger partial charge in [-0.05, 0) is 37.6 Å². The number of hydrogen-bond acceptors (Lipinski definition) is 4. The van der Waals surface area contributed by atoms with Crippen LogP contribution in [0.15, 0.2) is 41.3 Å². The monoisotopic (exact) mass is 365 g/mol. The number of rotatable bonds is 6. The molecule has 0 bridgehead atoms. The van der Waals surface area contributed by atoms with Gasteiger partial charge in [-0.2, -0.15) is 0 Å². The minimum absolute atomic E-state index is 0.0471. The van der Waals surface area contributed by atoms with Crippen molar-refractivity contribution in [3.63, 3.8) is 0 Å². The van der Waals surface area contributed by atoms with Gasteiger partial charge in [-0.25, -0.2) is 8.78 Å². The number of ether oxygens (including phenoxy) is 1. The van der Waals surface area contributed by atoms with Crippen LogP contribution in [-0.4, -0.2) is 24.2 Å². The van der Waals surface area contributed by atoms with E-state index < -0.39 is 30.1 Å². The van der Waals surface area contributed by atoms with Crippen LogP contribution >= 0.6 is 11.8 Å². The zero-order valence-corrected chi connectivity index (χ0v) is 14.6. The predicted molar refractivity (Wildman–Crippen MR) is 92.6 cm³/mol. The van der Waals surface area contributed by atoms with E-state index in [0.29, 0.717) is 0 Å². The molecule has 2 rings (SSSR count). The summed E-state index contributed by atoms with van der Waals surface area (Å²) in [5.41, 5.74) is 1.88. The Morgan fingerprint density at radius 1 is 1.12 bits per heavy atom. The summed E-state index contributed by atoms with van der Waals surface area (Å²) in [5, 5.41) is 2.16. The van der Waals surface area contributed by atoms with Crippen molar-refractivity contribution < 1.29 is 23.1 Å². The highest BCUT2D eigenvalue weighted by Crippen LogP contribution is 2.23. The normalized spacial score (nSPS) is 10.4. The van der Waals surface area contributed by atoms with Gasteiger partial charge in [0.1, 0.15) is 11.6 Å². The summed E-state index contributed by atoms with van der Waals surface area (Å²) in [5.74, 6) is -2.72. The molecule has 0 radical (unpaired) electrons. The van der Waals surface area contributed by atoms with Crippen LogP contribution < -0.4 is 5.32 Å². The number of hydrogen-bond donors (Lipinski definition) is 1. The summed E-state index contributed by atoms with van der Waals surface area (Å²) in [4.78, 5) is 24.3. The molecule has 25 heavy (non-hydrogen) atoms. The first-order valence-corrected chi connectivity index (χ1v) is 8.44. The van der Waals surface area contributed by atoms with Crippen molar-refractivity contribution in [3.05, 3.63) is 59.2 Å². The molecule has 0 saturated carbocycles. The Labute approximate surface area is 148 Å². The van der Waals surface area contributed by atoms with Crippen LogP contribution in [0.5, 0.6) is 0 Å². The van der Waals surface area contributed by atoms with Gasteiger partial charge in [0.2, 0.25) is 0 Å². The van der Waals surface area contributed by atoms with Gasteiger partial charge in [-0.15, -0.1) is 11.8 Å². The van der Waals surface area contributed by atoms with Crippen LogP contribution in [0.2, 0.25) is 0 Å². The summed E-state index contributed by atoms with van der Waals surface area (Å²) in [7, 11) is 0. The quantitative estimate of drug-likeness (QED) is 0.624. The predicted octanol–water partition coefficient (Wildman–Crippen LogP) is 3.86. The molecule has 1 amide bonds. The fourth-order valence-corrected chi connectivity index (χ4v) is 2.87. The lowest BCUT2D eigenvalue weighted by atomic mass is 10.2. The second-order valence-electron chi connectivity index (χ2n) is 5.39. The third kappa shape index (κ3) is 5.86. The maximum absolute atomic E-state index is 13.4. The SMILES string of the molecule is Cc1ccc(SCC(=O)OCC(=O)Nc2cc(F)ccc2F)c(C)c1. The highest BCUT2D eigenvalue weighted by Gasteiger charge is 2.12. The van der Waals surface area contributed by atoms with Crippen LogP contribution in [0.1, 0.15) is 11.1 Å². The van der Waals surface area contributed by atoms with Crippen molar-refractivity contribution in [2.24, 2.45) is 0 Å². The van der Waals surface area contributed by atoms with E-state index in [4.69, 9.17) is 4.74 Å². The summed E-state index contributed by atoms with van der Waals surface area (Å²) in [6, 6.07) is 8.57. The summed E-state index contributed by atoms with van der Waals surface area (Å²) < 4.78 is 31.3. The lowest BCUT2D eigenvalue weighted by Gasteiger charge is -2.08. The molecule has 0 fully saturated rings. The molecule has 4 nitrogen and oxygen atoms in total. The Balaban J connectivity index is 1.79. The number of aryl methyl sites for hydroxylation is 2. The minimum Gasteiger partial charge on any atom is -0.455 e. The molecule has 0 aromatic heterocycles. The van der Waals surface area contributed by atoms with Crippen molar-refractivity contribution in [1.82, 2.24) is 0 Å². The number of nitrogens with one attached hydrogen (secondary N) is 1. The van der Waals surface area contributed by atoms with Crippen LogP contribution in [0.25, 0.3) is 0 Å². The second kappa shape index (κ2) is 8.62. The molecule has 132 valence electrons. The molecule has 2 aromatic carbocycles. The molecule has 0 atom stereocenters. The van der Waals surface area contributed by atoms with Gasteiger partial charge in [-0.1, -0.05) is 17.7 Å².